The molecule has 22 heavy (non-hydrogen) atoms. The predicted molar refractivity (Wildman–Crippen MR) is 84.3 cm³/mol. The van der Waals surface area contributed by atoms with Crippen LogP contribution >= 0.6 is 0 Å². The smallest absolute Gasteiger partial charge is 0.330 e. The van der Waals surface area contributed by atoms with Crippen molar-refractivity contribution in [3.8, 4) is 0 Å². The minimum atomic E-state index is -0.380. The van der Waals surface area contributed by atoms with Gasteiger partial charge in [0.1, 0.15) is 5.69 Å². The quantitative estimate of drug-likeness (QED) is 0.680. The van der Waals surface area contributed by atoms with Gasteiger partial charge in [-0.25, -0.2) is 4.79 Å². The van der Waals surface area contributed by atoms with Crippen molar-refractivity contribution in [2.75, 3.05) is 11.9 Å². The van der Waals surface area contributed by atoms with Gasteiger partial charge in [-0.2, -0.15) is 0 Å². The first-order chi connectivity index (χ1) is 10.7. The number of ether oxygens (including phenoxy) is 1. The van der Waals surface area contributed by atoms with Gasteiger partial charge >= 0.3 is 5.97 Å². The third-order valence-corrected chi connectivity index (χ3v) is 2.76. The van der Waals surface area contributed by atoms with Crippen LogP contribution in [-0.4, -0.2) is 23.5 Å². The Morgan fingerprint density at radius 1 is 1.18 bits per heavy atom. The Labute approximate surface area is 128 Å². The Morgan fingerprint density at radius 2 is 1.95 bits per heavy atom. The highest BCUT2D eigenvalue weighted by Gasteiger charge is 2.06. The van der Waals surface area contributed by atoms with Crippen molar-refractivity contribution >= 4 is 23.6 Å². The van der Waals surface area contributed by atoms with Gasteiger partial charge in [0.2, 0.25) is 0 Å². The molecule has 2 aromatic rings. The SMILES string of the molecule is CCOC(=O)C=Cc1ccc(NC(=O)c2ccccn2)cc1. The number of esters is 1. The monoisotopic (exact) mass is 296 g/mol. The van der Waals surface area contributed by atoms with E-state index in [-0.39, 0.29) is 11.9 Å². The Balaban J connectivity index is 1.97. The first kappa shape index (κ1) is 15.4. The van der Waals surface area contributed by atoms with Gasteiger partial charge < -0.3 is 10.1 Å². The molecule has 0 aliphatic carbocycles. The van der Waals surface area contributed by atoms with Gasteiger partial charge in [-0.1, -0.05) is 18.2 Å². The van der Waals surface area contributed by atoms with Crippen LogP contribution in [0, 0.1) is 0 Å². The lowest BCUT2D eigenvalue weighted by Crippen LogP contribution is -2.13. The fourth-order valence-corrected chi connectivity index (χ4v) is 1.72. The van der Waals surface area contributed by atoms with Gasteiger partial charge in [0.25, 0.3) is 5.91 Å². The molecule has 1 aromatic heterocycles. The number of carbonyl (C=O) groups is 2. The van der Waals surface area contributed by atoms with Crippen LogP contribution in [0.1, 0.15) is 23.0 Å². The summed E-state index contributed by atoms with van der Waals surface area (Å²) in [6.45, 7) is 2.10. The fraction of sp³-hybridized carbons (Fsp3) is 0.118. The first-order valence-electron chi connectivity index (χ1n) is 6.86. The summed E-state index contributed by atoms with van der Waals surface area (Å²) in [7, 11) is 0. The fourth-order valence-electron chi connectivity index (χ4n) is 1.72. The van der Waals surface area contributed by atoms with Crippen molar-refractivity contribution in [3.63, 3.8) is 0 Å². The number of amides is 1. The molecule has 0 fully saturated rings. The van der Waals surface area contributed by atoms with Crippen LogP contribution in [0.3, 0.4) is 0 Å². The summed E-state index contributed by atoms with van der Waals surface area (Å²) in [4.78, 5) is 27.1. The second kappa shape index (κ2) is 7.73. The molecule has 2 rings (SSSR count). The third kappa shape index (κ3) is 4.56. The Kier molecular flexibility index (Phi) is 5.43. The third-order valence-electron chi connectivity index (χ3n) is 2.76. The number of nitrogens with one attached hydrogen (secondary N) is 1. The van der Waals surface area contributed by atoms with Crippen LogP contribution < -0.4 is 5.32 Å². The molecule has 1 aromatic carbocycles. The molecule has 1 amide bonds. The van der Waals surface area contributed by atoms with Crippen LogP contribution in [0.4, 0.5) is 5.69 Å². The molecule has 0 saturated heterocycles. The van der Waals surface area contributed by atoms with Gasteiger partial charge in [0, 0.05) is 18.0 Å². The summed E-state index contributed by atoms with van der Waals surface area (Å²) < 4.78 is 4.80. The van der Waals surface area contributed by atoms with Crippen LogP contribution in [0.2, 0.25) is 0 Å². The molecule has 0 radical (unpaired) electrons. The number of carbonyl (C=O) groups excluding carboxylic acids is 2. The largest absolute Gasteiger partial charge is 0.463 e. The van der Waals surface area contributed by atoms with Crippen molar-refractivity contribution in [1.82, 2.24) is 4.98 Å². The number of nitrogens with zero attached hydrogens (tertiary/aromatic N) is 1. The lowest BCUT2D eigenvalue weighted by Gasteiger charge is -2.04. The number of aromatic nitrogens is 1. The summed E-state index contributed by atoms with van der Waals surface area (Å²) in [5.41, 5.74) is 1.85. The number of hydrogen-bond donors (Lipinski definition) is 1. The minimum Gasteiger partial charge on any atom is -0.463 e. The minimum absolute atomic E-state index is 0.268. The average Bonchev–Trinajstić information content (AvgIpc) is 2.55. The number of rotatable bonds is 5. The average molecular weight is 296 g/mol. The maximum absolute atomic E-state index is 11.9. The van der Waals surface area contributed by atoms with Crippen molar-refractivity contribution in [1.29, 1.82) is 0 Å². The highest BCUT2D eigenvalue weighted by molar-refractivity contribution is 6.02. The van der Waals surface area contributed by atoms with Crippen LogP contribution in [0.25, 0.3) is 6.08 Å². The van der Waals surface area contributed by atoms with Crippen molar-refractivity contribution in [2.45, 2.75) is 6.92 Å². The van der Waals surface area contributed by atoms with E-state index in [9.17, 15) is 9.59 Å². The molecule has 5 heteroatoms. The molecule has 5 nitrogen and oxygen atoms in total. The lowest BCUT2D eigenvalue weighted by atomic mass is 10.2. The summed E-state index contributed by atoms with van der Waals surface area (Å²) in [6, 6.07) is 12.3. The highest BCUT2D eigenvalue weighted by Crippen LogP contribution is 2.12. The van der Waals surface area contributed by atoms with E-state index in [2.05, 4.69) is 10.3 Å². The van der Waals surface area contributed by atoms with Gasteiger partial charge in [0.05, 0.1) is 6.61 Å². The van der Waals surface area contributed by atoms with Gasteiger partial charge in [0.15, 0.2) is 0 Å². The van der Waals surface area contributed by atoms with E-state index < -0.39 is 0 Å². The van der Waals surface area contributed by atoms with Gasteiger partial charge in [-0.3, -0.25) is 9.78 Å². The zero-order valence-electron chi connectivity index (χ0n) is 12.2. The van der Waals surface area contributed by atoms with E-state index in [1.807, 2.05) is 0 Å². The number of hydrogen-bond acceptors (Lipinski definition) is 4. The Bertz CT molecular complexity index is 664. The van der Waals surface area contributed by atoms with E-state index in [4.69, 9.17) is 4.74 Å². The van der Waals surface area contributed by atoms with Crippen molar-refractivity contribution in [3.05, 3.63) is 66.0 Å². The van der Waals surface area contributed by atoms with Gasteiger partial charge in [-0.15, -0.1) is 0 Å². The maximum Gasteiger partial charge on any atom is 0.330 e. The van der Waals surface area contributed by atoms with Crippen LogP contribution in [-0.2, 0) is 9.53 Å². The summed E-state index contributed by atoms with van der Waals surface area (Å²) >= 11 is 0. The van der Waals surface area contributed by atoms with E-state index >= 15 is 0 Å². The second-order valence-corrected chi connectivity index (χ2v) is 4.38. The zero-order valence-corrected chi connectivity index (χ0v) is 12.2. The van der Waals surface area contributed by atoms with E-state index in [1.165, 1.54) is 6.08 Å². The molecule has 0 spiro atoms. The second-order valence-electron chi connectivity index (χ2n) is 4.38. The molecular formula is C17H16N2O3. The number of pyridine rings is 1. The molecule has 0 saturated carbocycles. The summed E-state index contributed by atoms with van der Waals surface area (Å²) in [5, 5.41) is 2.75. The maximum atomic E-state index is 11.9. The van der Waals surface area contributed by atoms with E-state index in [0.29, 0.717) is 18.0 Å². The Hall–Kier alpha value is -2.95. The Morgan fingerprint density at radius 3 is 2.59 bits per heavy atom. The molecule has 0 atom stereocenters. The van der Waals surface area contributed by atoms with Crippen molar-refractivity contribution in [2.24, 2.45) is 0 Å². The first-order valence-corrected chi connectivity index (χ1v) is 6.86. The summed E-state index contributed by atoms with van der Waals surface area (Å²) in [5.74, 6) is -0.648. The van der Waals surface area contributed by atoms with Gasteiger partial charge in [-0.05, 0) is 42.8 Å². The molecule has 0 bridgehead atoms. The predicted octanol–water partition coefficient (Wildman–Crippen LogP) is 2.91. The van der Waals surface area contributed by atoms with Crippen molar-refractivity contribution < 1.29 is 14.3 Å². The molecular weight excluding hydrogens is 280 g/mol. The normalized spacial score (nSPS) is 10.4. The van der Waals surface area contributed by atoms with E-state index in [1.54, 1.807) is 61.7 Å². The molecule has 1 heterocycles. The summed E-state index contributed by atoms with van der Waals surface area (Å²) in [6.07, 6.45) is 4.59. The molecule has 1 N–H and O–H groups in total. The lowest BCUT2D eigenvalue weighted by molar-refractivity contribution is -0.137. The molecule has 0 aliphatic rings. The number of benzene rings is 1. The molecule has 0 unspecified atom stereocenters. The molecule has 112 valence electrons. The topological polar surface area (TPSA) is 68.3 Å². The standard InChI is InChI=1S/C17H16N2O3/c1-2-22-16(20)11-8-13-6-9-14(10-7-13)19-17(21)15-5-3-4-12-18-15/h3-12H,2H2,1H3,(H,19,21). The van der Waals surface area contributed by atoms with Crippen LogP contribution in [0.15, 0.2) is 54.7 Å². The van der Waals surface area contributed by atoms with E-state index in [0.717, 1.165) is 5.56 Å². The zero-order chi connectivity index (χ0) is 15.8. The molecule has 0 aliphatic heterocycles. The van der Waals surface area contributed by atoms with Crippen LogP contribution in [0.5, 0.6) is 0 Å². The highest BCUT2D eigenvalue weighted by atomic mass is 16.5. The number of anilines is 1.